The third-order valence-corrected chi connectivity index (χ3v) is 15.4. The van der Waals surface area contributed by atoms with Crippen molar-refractivity contribution in [3.8, 4) is 0 Å². The van der Waals surface area contributed by atoms with Gasteiger partial charge in [0.2, 0.25) is 0 Å². The summed E-state index contributed by atoms with van der Waals surface area (Å²) < 4.78 is 10.9. The number of Topliss-reactive ketones (excluding diaryl/α,β-unsaturated/α-hetero) is 1. The first kappa shape index (κ1) is 54.2. The SMILES string of the molecule is CC[C@H]1/C2=C/c3[n-]c4c(c3C)C(=O)[C@H](C(=O)OCO)/C4=C3/[N-]C(Cc4[n-]c(/c(=C(\C)O)c4C)=C\[C@@H]([N-]2)[C@@H]1C)[C@@H](C)[C@@H]3CCC(=O)OC/C=C(/C)CCC[C@H](C)CCC[C@H](C)CCCC(C)C.[Mg+2]. The molecule has 3 aliphatic heterocycles. The molecule has 0 radical (unpaired) electrons. The van der Waals surface area contributed by atoms with Gasteiger partial charge in [-0.1, -0.05) is 147 Å². The molecule has 12 heteroatoms. The molecule has 2 aromatic rings. The van der Waals surface area contributed by atoms with E-state index in [-0.39, 0.29) is 83.6 Å². The molecule has 0 spiro atoms. The number of aromatic nitrogens is 2. The maximum Gasteiger partial charge on any atom is 2.00 e. The zero-order valence-corrected chi connectivity index (χ0v) is 44.0. The number of ether oxygens (including phenoxy) is 2. The number of carbonyl (C=O) groups is 3. The van der Waals surface area contributed by atoms with Crippen LogP contribution in [-0.2, 0) is 25.5 Å². The van der Waals surface area contributed by atoms with Gasteiger partial charge in [-0.25, -0.2) is 0 Å². The number of fused-ring (bicyclic) bond motifs is 7. The molecule has 2 aromatic heterocycles. The van der Waals surface area contributed by atoms with Crippen molar-refractivity contribution in [2.75, 3.05) is 13.4 Å². The van der Waals surface area contributed by atoms with Gasteiger partial charge >= 0.3 is 35.0 Å². The van der Waals surface area contributed by atoms with E-state index in [0.29, 0.717) is 63.1 Å². The maximum absolute atomic E-state index is 14.4. The molecule has 0 amide bonds. The molecule has 364 valence electrons. The second-order valence-electron chi connectivity index (χ2n) is 20.8. The summed E-state index contributed by atoms with van der Waals surface area (Å²) in [6, 6.07) is -0.524. The van der Waals surface area contributed by atoms with Crippen molar-refractivity contribution in [3.63, 3.8) is 0 Å². The van der Waals surface area contributed by atoms with E-state index in [1.807, 2.05) is 26.0 Å². The molecule has 9 atom stereocenters. The van der Waals surface area contributed by atoms with Gasteiger partial charge in [0.25, 0.3) is 0 Å². The molecule has 2 fully saturated rings. The van der Waals surface area contributed by atoms with Crippen LogP contribution in [0.2, 0.25) is 0 Å². The van der Waals surface area contributed by atoms with Crippen LogP contribution in [0.15, 0.2) is 23.0 Å². The van der Waals surface area contributed by atoms with Gasteiger partial charge < -0.3 is 40.3 Å². The Bertz CT molecular complexity index is 2300. The van der Waals surface area contributed by atoms with Gasteiger partial charge in [0, 0.05) is 12.0 Å². The minimum atomic E-state index is -1.36. The van der Waals surface area contributed by atoms with Gasteiger partial charge in [-0.15, -0.1) is 28.9 Å². The molecule has 2 saturated heterocycles. The first-order valence-corrected chi connectivity index (χ1v) is 25.2. The Morgan fingerprint density at radius 2 is 1.55 bits per heavy atom. The van der Waals surface area contributed by atoms with Gasteiger partial charge in [-0.2, -0.15) is 17.1 Å². The van der Waals surface area contributed by atoms with E-state index in [0.717, 1.165) is 48.1 Å². The minimum Gasteiger partial charge on any atom is -0.684 e. The number of hydrogen-bond acceptors (Lipinski definition) is 7. The number of rotatable bonds is 20. The predicted octanol–water partition coefficient (Wildman–Crippen LogP) is 10.1. The van der Waals surface area contributed by atoms with Crippen molar-refractivity contribution in [2.45, 2.75) is 172 Å². The molecular formula is C55H78MgN4O7-2. The summed E-state index contributed by atoms with van der Waals surface area (Å²) in [7, 11) is 0. The Balaban J connectivity index is 0.00000840. The van der Waals surface area contributed by atoms with Crippen LogP contribution in [0.25, 0.3) is 34.1 Å². The normalized spacial score (nSPS) is 27.0. The van der Waals surface area contributed by atoms with Crippen LogP contribution in [0.1, 0.15) is 178 Å². The van der Waals surface area contributed by atoms with Crippen LogP contribution >= 0.6 is 0 Å². The largest absolute Gasteiger partial charge is 2.00 e. The molecule has 1 aliphatic carbocycles. The molecule has 0 aromatic carbocycles. The summed E-state index contributed by atoms with van der Waals surface area (Å²) in [5.74, 6) is -0.714. The van der Waals surface area contributed by atoms with Crippen molar-refractivity contribution < 1.29 is 34.1 Å². The number of esters is 2. The van der Waals surface area contributed by atoms with E-state index in [9.17, 15) is 24.6 Å². The summed E-state index contributed by atoms with van der Waals surface area (Å²) in [5, 5.41) is 32.6. The van der Waals surface area contributed by atoms with E-state index < -0.39 is 24.5 Å². The van der Waals surface area contributed by atoms with E-state index in [1.54, 1.807) is 6.92 Å². The van der Waals surface area contributed by atoms with Gasteiger partial charge in [0.1, 0.15) is 12.5 Å². The van der Waals surface area contributed by atoms with Crippen molar-refractivity contribution >= 4 is 64.3 Å². The Morgan fingerprint density at radius 1 is 0.881 bits per heavy atom. The first-order valence-electron chi connectivity index (χ1n) is 25.2. The molecule has 2 N–H and O–H groups in total. The number of carbonyl (C=O) groups excluding carboxylic acids is 3. The van der Waals surface area contributed by atoms with E-state index in [1.165, 1.54) is 50.5 Å². The smallest absolute Gasteiger partial charge is 0.684 e. The number of aliphatic hydroxyl groups is 2. The monoisotopic (exact) mass is 931 g/mol. The third kappa shape index (κ3) is 12.5. The minimum absolute atomic E-state index is 0. The summed E-state index contributed by atoms with van der Waals surface area (Å²) in [5.41, 5.74) is 6.68. The number of ketones is 1. The molecule has 1 unspecified atom stereocenters. The topological polar surface area (TPSA) is 167 Å². The Morgan fingerprint density at radius 3 is 2.19 bits per heavy atom. The molecule has 11 nitrogen and oxygen atoms in total. The molecule has 5 heterocycles. The molecule has 0 saturated carbocycles. The van der Waals surface area contributed by atoms with Gasteiger partial charge in [-0.05, 0) is 93.8 Å². The molecule has 67 heavy (non-hydrogen) atoms. The predicted molar refractivity (Wildman–Crippen MR) is 268 cm³/mol. The van der Waals surface area contributed by atoms with Crippen LogP contribution in [0.4, 0.5) is 0 Å². The maximum atomic E-state index is 14.4. The fraction of sp³-hybridized carbons (Fsp3) is 0.655. The van der Waals surface area contributed by atoms with E-state index in [4.69, 9.17) is 30.1 Å². The number of hydrogen-bond donors (Lipinski definition) is 2. The van der Waals surface area contributed by atoms with Crippen LogP contribution in [0, 0.1) is 61.2 Å². The summed E-state index contributed by atoms with van der Waals surface area (Å²) >= 11 is 0. The molecule has 6 rings (SSSR count). The third-order valence-electron chi connectivity index (χ3n) is 15.4. The fourth-order valence-electron chi connectivity index (χ4n) is 11.2. The summed E-state index contributed by atoms with van der Waals surface area (Å²) in [6.45, 7) is 22.7. The standard InChI is InChI=1S/C55H79N4O7.Mg/c1-12-39-34(7)41-28-46-48(38(11)61)36(9)43(57-46)26-42-35(8)40(22-23-47(62)65-25-24-33(6)21-15-20-32(5)19-14-18-31(4)17-13-16-30(2)3)52(58-42)50-51(55(64)66-29-60)54(63)49-37(10)44(59-53(49)50)27-45(39)56-41;/h24,27-28,30-32,34-35,39-42,51,60H,12-23,25-26,29H2,1-11H3,(H2-,58,59,61,63);/q-3;+2/p-1/b33-24-,45-27-,46-28-,48-38+;/t31-,32-,34-,35+,39-,40+,41-,42?,51-;/m1./s1. The average molecular weight is 932 g/mol. The van der Waals surface area contributed by atoms with Crippen LogP contribution < -0.4 is 20.5 Å². The second kappa shape index (κ2) is 24.2. The number of aliphatic hydroxyl groups excluding tert-OH is 2. The van der Waals surface area contributed by atoms with Crippen molar-refractivity contribution in [1.82, 2.24) is 9.97 Å². The summed E-state index contributed by atoms with van der Waals surface area (Å²) in [6.07, 6.45) is 19.0. The van der Waals surface area contributed by atoms with Crippen molar-refractivity contribution in [3.05, 3.63) is 78.0 Å². The zero-order chi connectivity index (χ0) is 48.0. The number of nitrogens with zero attached hydrogens (tertiary/aromatic N) is 4. The molecule has 4 aliphatic rings. The van der Waals surface area contributed by atoms with Gasteiger partial charge in [0.15, 0.2) is 12.6 Å². The van der Waals surface area contributed by atoms with Crippen molar-refractivity contribution in [2.24, 2.45) is 47.3 Å². The molecule has 8 bridgehead atoms. The van der Waals surface area contributed by atoms with E-state index >= 15 is 0 Å². The van der Waals surface area contributed by atoms with Crippen LogP contribution in [0.3, 0.4) is 0 Å². The zero-order valence-electron chi connectivity index (χ0n) is 42.5. The first-order chi connectivity index (χ1) is 31.4. The average Bonchev–Trinajstić information content (AvgIpc) is 4.00. The Hall–Kier alpha value is -3.74. The van der Waals surface area contributed by atoms with Gasteiger partial charge in [0.05, 0.1) is 5.76 Å². The fourth-order valence-corrected chi connectivity index (χ4v) is 11.2. The van der Waals surface area contributed by atoms with Crippen LogP contribution in [-0.4, -0.2) is 76.5 Å². The summed E-state index contributed by atoms with van der Waals surface area (Å²) in [4.78, 5) is 51.8. The van der Waals surface area contributed by atoms with E-state index in [2.05, 4.69) is 61.5 Å². The second-order valence-corrected chi connectivity index (χ2v) is 20.8. The molecular weight excluding hydrogens is 853 g/mol. The van der Waals surface area contributed by atoms with Gasteiger partial charge in [-0.3, -0.25) is 14.4 Å². The quantitative estimate of drug-likeness (QED) is 0.0432. The number of allylic oxidation sites excluding steroid dienone is 3. The van der Waals surface area contributed by atoms with Crippen LogP contribution in [0.5, 0.6) is 0 Å². The van der Waals surface area contributed by atoms with Crippen molar-refractivity contribution in [1.29, 1.82) is 0 Å². The Labute approximate surface area is 416 Å². The Kier molecular flexibility index (Phi) is 19.6.